The third-order valence-electron chi connectivity index (χ3n) is 4.87. The van der Waals surface area contributed by atoms with Crippen LogP contribution in [0, 0.1) is 5.82 Å². The fourth-order valence-corrected chi connectivity index (χ4v) is 4.10. The number of nitrogens with two attached hydrogens (primary N) is 2. The van der Waals surface area contributed by atoms with Crippen LogP contribution in [0.25, 0.3) is 28.2 Å². The molecule has 0 aliphatic carbocycles. The Bertz CT molecular complexity index is 1450. The molecule has 0 bridgehead atoms. The van der Waals surface area contributed by atoms with Crippen LogP contribution < -0.4 is 15.9 Å². The van der Waals surface area contributed by atoms with Crippen LogP contribution in [0.15, 0.2) is 83.8 Å². The van der Waals surface area contributed by atoms with E-state index < -0.39 is 21.9 Å². The summed E-state index contributed by atoms with van der Waals surface area (Å²) < 4.78 is 39.3. The number of hydroxylamine groups is 1. The molecule has 0 aliphatic heterocycles. The summed E-state index contributed by atoms with van der Waals surface area (Å²) in [4.78, 5) is 11.4. The second-order valence-electron chi connectivity index (χ2n) is 7.01. The second kappa shape index (κ2) is 8.47. The first kappa shape index (κ1) is 22.1. The minimum absolute atomic E-state index is 0.0695. The number of nitrogens with zero attached hydrogens (tertiary/aromatic N) is 3. The number of sulfonamides is 1. The monoisotopic (exact) mass is 467 g/mol. The number of anilines is 1. The number of carbonyl (C=O) groups excluding carboxylic acids is 1. The fraction of sp³-hybridized carbons (Fsp3) is 0. The Morgan fingerprint density at radius 2 is 1.64 bits per heavy atom. The molecule has 0 fully saturated rings. The van der Waals surface area contributed by atoms with E-state index in [0.717, 1.165) is 0 Å². The summed E-state index contributed by atoms with van der Waals surface area (Å²) in [6.45, 7) is 0. The summed E-state index contributed by atoms with van der Waals surface area (Å²) in [6.07, 6.45) is 0. The van der Waals surface area contributed by atoms with Gasteiger partial charge in [0.05, 0.1) is 22.8 Å². The van der Waals surface area contributed by atoms with Crippen LogP contribution in [0.2, 0.25) is 0 Å². The van der Waals surface area contributed by atoms with Gasteiger partial charge in [0, 0.05) is 11.1 Å². The van der Waals surface area contributed by atoms with Gasteiger partial charge in [-0.1, -0.05) is 30.3 Å². The largest absolute Gasteiger partial charge is 0.349 e. The Balaban J connectivity index is 2.01. The van der Waals surface area contributed by atoms with Crippen LogP contribution in [0.1, 0.15) is 0 Å². The lowest BCUT2D eigenvalue weighted by Gasteiger charge is -2.15. The fourth-order valence-electron chi connectivity index (χ4n) is 3.39. The lowest BCUT2D eigenvalue weighted by Crippen LogP contribution is -2.32. The third-order valence-corrected chi connectivity index (χ3v) is 5.82. The van der Waals surface area contributed by atoms with E-state index in [1.165, 1.54) is 53.2 Å². The Morgan fingerprint density at radius 3 is 2.30 bits per heavy atom. The van der Waals surface area contributed by atoms with Crippen molar-refractivity contribution in [3.05, 3.63) is 84.7 Å². The molecule has 168 valence electrons. The van der Waals surface area contributed by atoms with Gasteiger partial charge >= 0.3 is 6.03 Å². The molecule has 33 heavy (non-hydrogen) atoms. The van der Waals surface area contributed by atoms with E-state index in [-0.39, 0.29) is 27.0 Å². The van der Waals surface area contributed by atoms with E-state index in [1.54, 1.807) is 30.3 Å². The smallest absolute Gasteiger partial charge is 0.343 e. The maximum Gasteiger partial charge on any atom is 0.343 e. The van der Waals surface area contributed by atoms with Crippen LogP contribution in [-0.2, 0) is 10.0 Å². The highest BCUT2D eigenvalue weighted by atomic mass is 32.2. The lowest BCUT2D eigenvalue weighted by molar-refractivity contribution is 0.212. The molecule has 3 aromatic carbocycles. The van der Waals surface area contributed by atoms with E-state index in [0.29, 0.717) is 16.8 Å². The molecule has 4 aromatic rings. The van der Waals surface area contributed by atoms with Gasteiger partial charge in [0.25, 0.3) is 0 Å². The number of para-hydroxylation sites is 2. The van der Waals surface area contributed by atoms with Gasteiger partial charge in [-0.05, 0) is 48.5 Å². The standard InChI is InChI=1S/C22H18FN5O4S/c23-15-11-9-14(10-12-15)20-13-17(16-5-1-2-6-18(16)28(30)22(24)29)26-27(20)19-7-3-4-8-21(19)33(25,31)32/h1-13,30H,(H2,24,29)(H2,25,31,32). The van der Waals surface area contributed by atoms with Gasteiger partial charge in [-0.3, -0.25) is 5.21 Å². The van der Waals surface area contributed by atoms with Crippen molar-refractivity contribution in [2.24, 2.45) is 10.9 Å². The Kier molecular flexibility index (Phi) is 5.68. The predicted octanol–water partition coefficient (Wildman–Crippen LogP) is 3.27. The number of carbonyl (C=O) groups is 1. The summed E-state index contributed by atoms with van der Waals surface area (Å²) in [6, 6.07) is 18.4. The number of aromatic nitrogens is 2. The zero-order valence-electron chi connectivity index (χ0n) is 17.0. The Hall–Kier alpha value is -4.06. The normalized spacial score (nSPS) is 11.4. The highest BCUT2D eigenvalue weighted by molar-refractivity contribution is 7.89. The maximum absolute atomic E-state index is 13.5. The van der Waals surface area contributed by atoms with Gasteiger partial charge in [0.15, 0.2) is 0 Å². The SMILES string of the molecule is NC(=O)N(O)c1ccccc1-c1cc(-c2ccc(F)cc2)n(-c2ccccc2S(N)(=O)=O)n1. The van der Waals surface area contributed by atoms with Crippen molar-refractivity contribution in [3.8, 4) is 28.2 Å². The number of hydrogen-bond acceptors (Lipinski definition) is 5. The molecule has 0 radical (unpaired) electrons. The topological polar surface area (TPSA) is 145 Å². The summed E-state index contributed by atoms with van der Waals surface area (Å²) in [5.41, 5.74) is 7.02. The summed E-state index contributed by atoms with van der Waals surface area (Å²) >= 11 is 0. The zero-order chi connectivity index (χ0) is 23.8. The molecule has 0 atom stereocenters. The quantitative estimate of drug-likeness (QED) is 0.305. The first-order valence-electron chi connectivity index (χ1n) is 9.53. The summed E-state index contributed by atoms with van der Waals surface area (Å²) in [5, 5.41) is 20.3. The minimum atomic E-state index is -4.11. The first-order valence-corrected chi connectivity index (χ1v) is 11.1. The predicted molar refractivity (Wildman–Crippen MR) is 120 cm³/mol. The molecule has 9 nitrogen and oxygen atoms in total. The van der Waals surface area contributed by atoms with Crippen LogP contribution >= 0.6 is 0 Å². The van der Waals surface area contributed by atoms with Gasteiger partial charge in [-0.15, -0.1) is 0 Å². The molecule has 0 saturated heterocycles. The Morgan fingerprint density at radius 1 is 1.00 bits per heavy atom. The van der Waals surface area contributed by atoms with Crippen LogP contribution in [0.3, 0.4) is 0 Å². The molecule has 0 aliphatic rings. The number of rotatable bonds is 5. The average Bonchev–Trinajstić information content (AvgIpc) is 3.23. The number of amides is 2. The van der Waals surface area contributed by atoms with Crippen molar-refractivity contribution in [1.29, 1.82) is 0 Å². The number of halogens is 1. The van der Waals surface area contributed by atoms with Gasteiger partial charge < -0.3 is 5.73 Å². The summed E-state index contributed by atoms with van der Waals surface area (Å²) in [5.74, 6) is -0.447. The third kappa shape index (κ3) is 4.32. The molecular weight excluding hydrogens is 449 g/mol. The molecule has 0 unspecified atom stereocenters. The van der Waals surface area contributed by atoms with Crippen molar-refractivity contribution < 1.29 is 22.8 Å². The van der Waals surface area contributed by atoms with Crippen molar-refractivity contribution in [1.82, 2.24) is 9.78 Å². The molecule has 2 amide bonds. The molecular formula is C22H18FN5O4S. The number of hydrogen-bond donors (Lipinski definition) is 3. The van der Waals surface area contributed by atoms with Crippen molar-refractivity contribution in [2.45, 2.75) is 4.90 Å². The molecule has 11 heteroatoms. The van der Waals surface area contributed by atoms with E-state index in [9.17, 15) is 22.8 Å². The van der Waals surface area contributed by atoms with Gasteiger partial charge in [0.2, 0.25) is 10.0 Å². The van der Waals surface area contributed by atoms with E-state index in [1.807, 2.05) is 0 Å². The van der Waals surface area contributed by atoms with E-state index in [4.69, 9.17) is 10.9 Å². The van der Waals surface area contributed by atoms with Crippen molar-refractivity contribution >= 4 is 21.7 Å². The number of benzene rings is 3. The number of primary sulfonamides is 1. The lowest BCUT2D eigenvalue weighted by atomic mass is 10.1. The molecule has 0 saturated carbocycles. The first-order chi connectivity index (χ1) is 15.7. The van der Waals surface area contributed by atoms with Gasteiger partial charge in [0.1, 0.15) is 10.7 Å². The number of primary amides is 1. The molecule has 0 spiro atoms. The van der Waals surface area contributed by atoms with E-state index in [2.05, 4.69) is 5.10 Å². The molecule has 4 rings (SSSR count). The van der Waals surface area contributed by atoms with Gasteiger partial charge in [-0.2, -0.15) is 10.2 Å². The second-order valence-corrected chi connectivity index (χ2v) is 8.54. The molecule has 1 heterocycles. The number of urea groups is 1. The molecule has 1 aromatic heterocycles. The average molecular weight is 467 g/mol. The zero-order valence-corrected chi connectivity index (χ0v) is 17.8. The highest BCUT2D eigenvalue weighted by Gasteiger charge is 2.22. The minimum Gasteiger partial charge on any atom is -0.349 e. The molecule has 5 N–H and O–H groups in total. The Labute approximate surface area is 188 Å². The highest BCUT2D eigenvalue weighted by Crippen LogP contribution is 2.34. The maximum atomic E-state index is 13.5. The van der Waals surface area contributed by atoms with Crippen LogP contribution in [-0.4, -0.2) is 29.4 Å². The summed E-state index contributed by atoms with van der Waals surface area (Å²) in [7, 11) is -4.11. The van der Waals surface area contributed by atoms with Crippen LogP contribution in [0.5, 0.6) is 0 Å². The van der Waals surface area contributed by atoms with Crippen LogP contribution in [0.4, 0.5) is 14.9 Å². The van der Waals surface area contributed by atoms with Crippen molar-refractivity contribution in [3.63, 3.8) is 0 Å². The van der Waals surface area contributed by atoms with Gasteiger partial charge in [-0.25, -0.2) is 27.4 Å². The van der Waals surface area contributed by atoms with E-state index >= 15 is 0 Å². The van der Waals surface area contributed by atoms with Crippen molar-refractivity contribution in [2.75, 3.05) is 5.06 Å².